The van der Waals surface area contributed by atoms with Crippen LogP contribution in [0.1, 0.15) is 13.3 Å². The topological polar surface area (TPSA) is 56.3 Å². The van der Waals surface area contributed by atoms with Crippen LogP contribution < -0.4 is 10.6 Å². The van der Waals surface area contributed by atoms with Crippen LogP contribution in [0.15, 0.2) is 12.4 Å². The molecule has 0 bridgehead atoms. The van der Waals surface area contributed by atoms with E-state index in [0.29, 0.717) is 18.6 Å². The van der Waals surface area contributed by atoms with Gasteiger partial charge in [-0.1, -0.05) is 6.92 Å². The summed E-state index contributed by atoms with van der Waals surface area (Å²) in [5.74, 6) is 1.57. The van der Waals surface area contributed by atoms with Gasteiger partial charge in [0.05, 0.1) is 6.61 Å². The van der Waals surface area contributed by atoms with Gasteiger partial charge in [-0.2, -0.15) is 0 Å². The van der Waals surface area contributed by atoms with Crippen LogP contribution >= 0.6 is 0 Å². The maximum atomic E-state index is 6.04. The minimum Gasteiger partial charge on any atom is -0.383 e. The van der Waals surface area contributed by atoms with Crippen LogP contribution in [0.4, 0.5) is 5.95 Å². The van der Waals surface area contributed by atoms with Gasteiger partial charge in [-0.3, -0.25) is 0 Å². The van der Waals surface area contributed by atoms with Crippen LogP contribution in [0.3, 0.4) is 0 Å². The molecule has 96 valence electrons. The number of ether oxygens (including phenoxy) is 1. The summed E-state index contributed by atoms with van der Waals surface area (Å²) >= 11 is 0. The molecule has 0 radical (unpaired) electrons. The summed E-state index contributed by atoms with van der Waals surface area (Å²) in [4.78, 5) is 6.77. The third kappa shape index (κ3) is 2.79. The highest BCUT2D eigenvalue weighted by Gasteiger charge is 2.25. The number of imidazole rings is 1. The molecule has 0 amide bonds. The van der Waals surface area contributed by atoms with E-state index in [9.17, 15) is 0 Å². The summed E-state index contributed by atoms with van der Waals surface area (Å²) in [6.45, 7) is 5.76. The molecule has 1 aromatic rings. The van der Waals surface area contributed by atoms with E-state index in [1.54, 1.807) is 7.11 Å². The van der Waals surface area contributed by atoms with Crippen molar-refractivity contribution in [1.82, 2.24) is 9.55 Å². The van der Waals surface area contributed by atoms with Crippen LogP contribution in [-0.4, -0.2) is 42.4 Å². The molecule has 2 atom stereocenters. The van der Waals surface area contributed by atoms with Gasteiger partial charge in [0.25, 0.3) is 0 Å². The summed E-state index contributed by atoms with van der Waals surface area (Å²) in [7, 11) is 1.72. The lowest BCUT2D eigenvalue weighted by Gasteiger charge is -2.35. The molecule has 2 rings (SSSR count). The van der Waals surface area contributed by atoms with Gasteiger partial charge in [0, 0.05) is 45.2 Å². The molecule has 2 unspecified atom stereocenters. The Morgan fingerprint density at radius 2 is 2.41 bits per heavy atom. The fourth-order valence-electron chi connectivity index (χ4n) is 2.29. The molecule has 5 heteroatoms. The monoisotopic (exact) mass is 238 g/mol. The number of rotatable bonds is 4. The SMILES string of the molecule is COCCn1ccnc1N1CCC(N)C(C)C1. The number of hydrogen-bond donors (Lipinski definition) is 1. The third-order valence-corrected chi connectivity index (χ3v) is 3.48. The summed E-state index contributed by atoms with van der Waals surface area (Å²) in [5.41, 5.74) is 6.04. The van der Waals surface area contributed by atoms with Crippen molar-refractivity contribution in [3.05, 3.63) is 12.4 Å². The first kappa shape index (κ1) is 12.4. The highest BCUT2D eigenvalue weighted by molar-refractivity contribution is 5.32. The number of hydrogen-bond acceptors (Lipinski definition) is 4. The molecule has 5 nitrogen and oxygen atoms in total. The van der Waals surface area contributed by atoms with E-state index in [1.165, 1.54) is 0 Å². The molecule has 1 aliphatic rings. The third-order valence-electron chi connectivity index (χ3n) is 3.48. The molecular weight excluding hydrogens is 216 g/mol. The number of aromatic nitrogens is 2. The largest absolute Gasteiger partial charge is 0.383 e. The predicted octanol–water partition coefficient (Wildman–Crippen LogP) is 0.703. The van der Waals surface area contributed by atoms with E-state index in [-0.39, 0.29) is 0 Å². The standard InChI is InChI=1S/C12H22N4O/c1-10-9-16(5-3-11(10)13)12-14-4-6-15(12)7-8-17-2/h4,6,10-11H,3,5,7-9,13H2,1-2H3. The maximum Gasteiger partial charge on any atom is 0.205 e. The van der Waals surface area contributed by atoms with E-state index in [2.05, 4.69) is 21.4 Å². The molecule has 0 aromatic carbocycles. The Morgan fingerprint density at radius 3 is 3.12 bits per heavy atom. The second kappa shape index (κ2) is 5.51. The minimum atomic E-state index is 0.327. The zero-order valence-corrected chi connectivity index (χ0v) is 10.7. The van der Waals surface area contributed by atoms with E-state index < -0.39 is 0 Å². The van der Waals surface area contributed by atoms with Crippen molar-refractivity contribution in [2.75, 3.05) is 31.7 Å². The van der Waals surface area contributed by atoms with Gasteiger partial charge in [0.2, 0.25) is 5.95 Å². The van der Waals surface area contributed by atoms with Crippen LogP contribution in [0.2, 0.25) is 0 Å². The average Bonchev–Trinajstić information content (AvgIpc) is 2.78. The molecule has 2 N–H and O–H groups in total. The van der Waals surface area contributed by atoms with Crippen LogP contribution in [0, 0.1) is 5.92 Å². The Balaban J connectivity index is 2.04. The lowest BCUT2D eigenvalue weighted by Crippen LogP contribution is -2.46. The van der Waals surface area contributed by atoms with E-state index in [1.807, 2.05) is 12.4 Å². The first-order valence-corrected chi connectivity index (χ1v) is 6.23. The molecule has 1 aromatic heterocycles. The fourth-order valence-corrected chi connectivity index (χ4v) is 2.29. The van der Waals surface area contributed by atoms with Gasteiger partial charge in [0.15, 0.2) is 0 Å². The number of anilines is 1. The number of piperidine rings is 1. The van der Waals surface area contributed by atoms with Gasteiger partial charge in [-0.05, 0) is 12.3 Å². The Labute approximate surface area is 103 Å². The molecule has 1 saturated heterocycles. The highest BCUT2D eigenvalue weighted by Crippen LogP contribution is 2.20. The lowest BCUT2D eigenvalue weighted by atomic mass is 9.95. The van der Waals surface area contributed by atoms with Crippen molar-refractivity contribution < 1.29 is 4.74 Å². The summed E-state index contributed by atoms with van der Waals surface area (Å²) < 4.78 is 7.25. The molecule has 0 spiro atoms. The van der Waals surface area contributed by atoms with Crippen molar-refractivity contribution in [3.8, 4) is 0 Å². The molecular formula is C12H22N4O. The van der Waals surface area contributed by atoms with Gasteiger partial charge < -0.3 is 19.9 Å². The maximum absolute atomic E-state index is 6.04. The van der Waals surface area contributed by atoms with Crippen molar-refractivity contribution >= 4 is 5.95 Å². The fraction of sp³-hybridized carbons (Fsp3) is 0.750. The lowest BCUT2D eigenvalue weighted by molar-refractivity contribution is 0.187. The zero-order chi connectivity index (χ0) is 12.3. The summed E-state index contributed by atoms with van der Waals surface area (Å²) in [6, 6.07) is 0.327. The number of nitrogens with two attached hydrogens (primary N) is 1. The molecule has 1 fully saturated rings. The van der Waals surface area contributed by atoms with Crippen molar-refractivity contribution in [1.29, 1.82) is 0 Å². The first-order chi connectivity index (χ1) is 8.22. The molecule has 2 heterocycles. The highest BCUT2D eigenvalue weighted by atomic mass is 16.5. The van der Waals surface area contributed by atoms with Crippen molar-refractivity contribution in [2.24, 2.45) is 11.7 Å². The summed E-state index contributed by atoms with van der Waals surface area (Å²) in [6.07, 6.45) is 4.90. The van der Waals surface area contributed by atoms with E-state index >= 15 is 0 Å². The predicted molar refractivity (Wildman–Crippen MR) is 68.1 cm³/mol. The normalized spacial score (nSPS) is 25.2. The summed E-state index contributed by atoms with van der Waals surface area (Å²) in [5, 5.41) is 0. The van der Waals surface area contributed by atoms with Gasteiger partial charge in [-0.15, -0.1) is 0 Å². The van der Waals surface area contributed by atoms with Gasteiger partial charge in [-0.25, -0.2) is 4.98 Å². The second-order valence-electron chi connectivity index (χ2n) is 4.79. The molecule has 0 saturated carbocycles. The van der Waals surface area contributed by atoms with Crippen LogP contribution in [0.25, 0.3) is 0 Å². The number of methoxy groups -OCH3 is 1. The Morgan fingerprint density at radius 1 is 1.59 bits per heavy atom. The van der Waals surface area contributed by atoms with Gasteiger partial charge in [0.1, 0.15) is 0 Å². The first-order valence-electron chi connectivity index (χ1n) is 6.23. The Hall–Kier alpha value is -1.07. The molecule has 17 heavy (non-hydrogen) atoms. The van der Waals surface area contributed by atoms with Crippen molar-refractivity contribution in [3.63, 3.8) is 0 Å². The van der Waals surface area contributed by atoms with Gasteiger partial charge >= 0.3 is 0 Å². The van der Waals surface area contributed by atoms with Crippen molar-refractivity contribution in [2.45, 2.75) is 25.9 Å². The second-order valence-corrected chi connectivity index (χ2v) is 4.79. The minimum absolute atomic E-state index is 0.327. The molecule has 1 aliphatic heterocycles. The van der Waals surface area contributed by atoms with Crippen LogP contribution in [0.5, 0.6) is 0 Å². The Kier molecular flexibility index (Phi) is 4.02. The molecule has 0 aliphatic carbocycles. The zero-order valence-electron chi connectivity index (χ0n) is 10.7. The van der Waals surface area contributed by atoms with Crippen LogP contribution in [-0.2, 0) is 11.3 Å². The van der Waals surface area contributed by atoms with E-state index in [4.69, 9.17) is 10.5 Å². The van der Waals surface area contributed by atoms with E-state index in [0.717, 1.165) is 32.0 Å². The smallest absolute Gasteiger partial charge is 0.205 e. The quantitative estimate of drug-likeness (QED) is 0.839. The average molecular weight is 238 g/mol. The number of nitrogens with zero attached hydrogens (tertiary/aromatic N) is 3. The Bertz CT molecular complexity index is 352.